The van der Waals surface area contributed by atoms with E-state index in [2.05, 4.69) is 11.8 Å². The highest BCUT2D eigenvalue weighted by atomic mass is 16.6. The highest BCUT2D eigenvalue weighted by molar-refractivity contribution is 5.39. The molecule has 0 aliphatic carbocycles. The van der Waals surface area contributed by atoms with Crippen molar-refractivity contribution in [2.75, 3.05) is 13.1 Å². The number of nitrogens with zero attached hydrogens (tertiary/aromatic N) is 2. The molecule has 1 heterocycles. The van der Waals surface area contributed by atoms with Crippen LogP contribution in [0.4, 0.5) is 5.69 Å². The van der Waals surface area contributed by atoms with Crippen LogP contribution in [0.15, 0.2) is 24.3 Å². The van der Waals surface area contributed by atoms with Gasteiger partial charge in [-0.15, -0.1) is 0 Å². The van der Waals surface area contributed by atoms with Gasteiger partial charge in [-0.05, 0) is 25.3 Å². The summed E-state index contributed by atoms with van der Waals surface area (Å²) in [6.45, 7) is 5.04. The molecule has 1 aliphatic rings. The smallest absolute Gasteiger partial charge is 0.273 e. The molecule has 0 spiro atoms. The first-order valence-corrected chi connectivity index (χ1v) is 6.11. The fraction of sp³-hybridized carbons (Fsp3) is 0.538. The summed E-state index contributed by atoms with van der Waals surface area (Å²) >= 11 is 0. The Bertz CT molecular complexity index is 406. The predicted molar refractivity (Wildman–Crippen MR) is 66.8 cm³/mol. The van der Waals surface area contributed by atoms with Crippen LogP contribution < -0.4 is 0 Å². The summed E-state index contributed by atoms with van der Waals surface area (Å²) in [5, 5.41) is 10.9. The molecule has 4 heteroatoms. The van der Waals surface area contributed by atoms with Crippen molar-refractivity contribution in [2.24, 2.45) is 5.92 Å². The van der Waals surface area contributed by atoms with E-state index in [1.54, 1.807) is 12.1 Å². The number of benzene rings is 1. The molecule has 92 valence electrons. The van der Waals surface area contributed by atoms with Crippen LogP contribution in [0, 0.1) is 16.0 Å². The third-order valence-corrected chi connectivity index (χ3v) is 3.32. The van der Waals surface area contributed by atoms with Crippen molar-refractivity contribution in [3.05, 3.63) is 39.9 Å². The molecule has 17 heavy (non-hydrogen) atoms. The quantitative estimate of drug-likeness (QED) is 0.596. The van der Waals surface area contributed by atoms with Crippen LogP contribution in [0.1, 0.15) is 25.3 Å². The number of hydrogen-bond acceptors (Lipinski definition) is 3. The minimum atomic E-state index is -0.289. The number of likely N-dealkylation sites (tertiary alicyclic amines) is 1. The summed E-state index contributed by atoms with van der Waals surface area (Å²) in [7, 11) is 0. The maximum atomic E-state index is 10.9. The molecule has 1 aromatic rings. The zero-order valence-electron chi connectivity index (χ0n) is 10.1. The molecule has 1 aliphatic heterocycles. The Labute approximate surface area is 101 Å². The lowest BCUT2D eigenvalue weighted by Crippen LogP contribution is -2.33. The van der Waals surface area contributed by atoms with Gasteiger partial charge in [-0.1, -0.05) is 25.1 Å². The number of nitro groups is 1. The van der Waals surface area contributed by atoms with Crippen molar-refractivity contribution >= 4 is 5.69 Å². The second-order valence-electron chi connectivity index (χ2n) is 4.87. The summed E-state index contributed by atoms with van der Waals surface area (Å²) in [6.07, 6.45) is 2.47. The fourth-order valence-corrected chi connectivity index (χ4v) is 2.49. The first-order valence-electron chi connectivity index (χ1n) is 6.11. The van der Waals surface area contributed by atoms with Gasteiger partial charge < -0.3 is 0 Å². The molecular formula is C13H18N2O2. The van der Waals surface area contributed by atoms with E-state index in [4.69, 9.17) is 0 Å². The Morgan fingerprint density at radius 3 is 2.94 bits per heavy atom. The molecule has 0 bridgehead atoms. The van der Waals surface area contributed by atoms with Gasteiger partial charge in [0.25, 0.3) is 5.69 Å². The van der Waals surface area contributed by atoms with E-state index in [0.29, 0.717) is 12.5 Å². The minimum Gasteiger partial charge on any atom is -0.299 e. The van der Waals surface area contributed by atoms with Crippen LogP contribution in [-0.2, 0) is 6.54 Å². The zero-order chi connectivity index (χ0) is 12.3. The van der Waals surface area contributed by atoms with Gasteiger partial charge in [-0.3, -0.25) is 15.0 Å². The molecular weight excluding hydrogens is 216 g/mol. The van der Waals surface area contributed by atoms with Crippen LogP contribution in [0.5, 0.6) is 0 Å². The molecule has 0 radical (unpaired) electrons. The van der Waals surface area contributed by atoms with Gasteiger partial charge in [0.1, 0.15) is 0 Å². The highest BCUT2D eigenvalue weighted by Crippen LogP contribution is 2.22. The van der Waals surface area contributed by atoms with E-state index in [9.17, 15) is 10.1 Å². The number of rotatable bonds is 3. The number of piperidine rings is 1. The molecule has 4 nitrogen and oxygen atoms in total. The van der Waals surface area contributed by atoms with E-state index in [0.717, 1.165) is 18.7 Å². The SMILES string of the molecule is CC1CCCN(Cc2ccccc2[N+](=O)[O-])C1. The van der Waals surface area contributed by atoms with Crippen molar-refractivity contribution in [1.82, 2.24) is 4.90 Å². The molecule has 0 amide bonds. The van der Waals surface area contributed by atoms with Gasteiger partial charge in [0, 0.05) is 24.7 Å². The molecule has 0 aromatic heterocycles. The van der Waals surface area contributed by atoms with Gasteiger partial charge in [-0.2, -0.15) is 0 Å². The second kappa shape index (κ2) is 5.27. The Morgan fingerprint density at radius 2 is 2.24 bits per heavy atom. The van der Waals surface area contributed by atoms with Crippen molar-refractivity contribution in [3.8, 4) is 0 Å². The normalized spacial score (nSPS) is 21.4. The van der Waals surface area contributed by atoms with Crippen LogP contribution >= 0.6 is 0 Å². The Balaban J connectivity index is 2.10. The maximum absolute atomic E-state index is 10.9. The van der Waals surface area contributed by atoms with Gasteiger partial charge in [0.05, 0.1) is 4.92 Å². The summed E-state index contributed by atoms with van der Waals surface area (Å²) in [5.74, 6) is 0.700. The maximum Gasteiger partial charge on any atom is 0.273 e. The first kappa shape index (κ1) is 12.0. The summed E-state index contributed by atoms with van der Waals surface area (Å²) in [4.78, 5) is 12.9. The van der Waals surface area contributed by atoms with Crippen molar-refractivity contribution < 1.29 is 4.92 Å². The van der Waals surface area contributed by atoms with E-state index in [1.807, 2.05) is 12.1 Å². The van der Waals surface area contributed by atoms with Crippen molar-refractivity contribution in [3.63, 3.8) is 0 Å². The standard InChI is InChI=1S/C13H18N2O2/c1-11-5-4-8-14(9-11)10-12-6-2-3-7-13(12)15(16)17/h2-3,6-7,11H,4-5,8-10H2,1H3. The van der Waals surface area contributed by atoms with Crippen LogP contribution in [0.3, 0.4) is 0 Å². The third kappa shape index (κ3) is 3.03. The fourth-order valence-electron chi connectivity index (χ4n) is 2.49. The molecule has 2 rings (SSSR count). The molecule has 1 aromatic carbocycles. The molecule has 1 atom stereocenters. The monoisotopic (exact) mass is 234 g/mol. The van der Waals surface area contributed by atoms with Gasteiger partial charge in [0.2, 0.25) is 0 Å². The molecule has 1 saturated heterocycles. The van der Waals surface area contributed by atoms with Gasteiger partial charge >= 0.3 is 0 Å². The van der Waals surface area contributed by atoms with Crippen LogP contribution in [0.25, 0.3) is 0 Å². The first-order chi connectivity index (χ1) is 8.16. The summed E-state index contributed by atoms with van der Waals surface area (Å²) in [5.41, 5.74) is 1.07. The minimum absolute atomic E-state index is 0.241. The zero-order valence-corrected chi connectivity index (χ0v) is 10.1. The molecule has 0 N–H and O–H groups in total. The molecule has 0 saturated carbocycles. The van der Waals surface area contributed by atoms with Crippen molar-refractivity contribution in [2.45, 2.75) is 26.3 Å². The van der Waals surface area contributed by atoms with Gasteiger partial charge in [0.15, 0.2) is 0 Å². The Morgan fingerprint density at radius 1 is 1.47 bits per heavy atom. The van der Waals surface area contributed by atoms with Gasteiger partial charge in [-0.25, -0.2) is 0 Å². The van der Waals surface area contributed by atoms with Crippen LogP contribution in [0.2, 0.25) is 0 Å². The summed E-state index contributed by atoms with van der Waals surface area (Å²) in [6, 6.07) is 7.04. The van der Waals surface area contributed by atoms with E-state index in [-0.39, 0.29) is 10.6 Å². The third-order valence-electron chi connectivity index (χ3n) is 3.32. The lowest BCUT2D eigenvalue weighted by molar-refractivity contribution is -0.385. The van der Waals surface area contributed by atoms with E-state index >= 15 is 0 Å². The Hall–Kier alpha value is -1.42. The largest absolute Gasteiger partial charge is 0.299 e. The predicted octanol–water partition coefficient (Wildman–Crippen LogP) is 2.83. The highest BCUT2D eigenvalue weighted by Gasteiger charge is 2.19. The number of para-hydroxylation sites is 1. The van der Waals surface area contributed by atoms with Crippen LogP contribution in [-0.4, -0.2) is 22.9 Å². The Kier molecular flexibility index (Phi) is 3.74. The lowest BCUT2D eigenvalue weighted by atomic mass is 9.99. The van der Waals surface area contributed by atoms with E-state index < -0.39 is 0 Å². The average molecular weight is 234 g/mol. The molecule has 1 unspecified atom stereocenters. The van der Waals surface area contributed by atoms with Crippen molar-refractivity contribution in [1.29, 1.82) is 0 Å². The second-order valence-corrected chi connectivity index (χ2v) is 4.87. The summed E-state index contributed by atoms with van der Waals surface area (Å²) < 4.78 is 0. The average Bonchev–Trinajstić information content (AvgIpc) is 2.29. The lowest BCUT2D eigenvalue weighted by Gasteiger charge is -2.30. The van der Waals surface area contributed by atoms with E-state index in [1.165, 1.54) is 12.8 Å². The molecule has 1 fully saturated rings. The number of hydrogen-bond donors (Lipinski definition) is 0. The number of nitro benzene ring substituents is 1. The topological polar surface area (TPSA) is 46.4 Å².